The first-order valence-corrected chi connectivity index (χ1v) is 9.87. The van der Waals surface area contributed by atoms with Crippen LogP contribution in [0.2, 0.25) is 0 Å². The van der Waals surface area contributed by atoms with E-state index in [2.05, 4.69) is 34.4 Å². The van der Waals surface area contributed by atoms with E-state index in [9.17, 15) is 8.78 Å². The fourth-order valence-electron chi connectivity index (χ4n) is 3.01. The quantitative estimate of drug-likeness (QED) is 0.224. The SMILES string of the molecule is CN=C(NCCOc1ccc(F)c(F)c1)NC1CCN(CCOC(C)C)CC1.I. The number of rotatable bonds is 9. The van der Waals surface area contributed by atoms with Gasteiger partial charge in [0.05, 0.1) is 19.3 Å². The van der Waals surface area contributed by atoms with Crippen LogP contribution in [-0.2, 0) is 4.74 Å². The van der Waals surface area contributed by atoms with Crippen LogP contribution in [-0.4, -0.2) is 69.4 Å². The molecule has 0 bridgehead atoms. The lowest BCUT2D eigenvalue weighted by molar-refractivity contribution is 0.0532. The molecule has 1 saturated heterocycles. The Hall–Kier alpha value is -1.20. The van der Waals surface area contributed by atoms with Crippen molar-refractivity contribution in [3.63, 3.8) is 0 Å². The van der Waals surface area contributed by atoms with Crippen LogP contribution in [0.5, 0.6) is 5.75 Å². The van der Waals surface area contributed by atoms with Gasteiger partial charge in [0.15, 0.2) is 17.6 Å². The summed E-state index contributed by atoms with van der Waals surface area (Å²) in [5.41, 5.74) is 0. The Morgan fingerprint density at radius 2 is 1.93 bits per heavy atom. The van der Waals surface area contributed by atoms with E-state index in [0.29, 0.717) is 24.9 Å². The standard InChI is InChI=1S/C20H32F2N4O2.HI/c1-15(2)27-13-11-26-9-6-16(7-10-26)25-20(23-3)24-8-12-28-17-4-5-18(21)19(22)14-17;/h4-5,14-16H,6-13H2,1-3H3,(H2,23,24,25);1H. The molecule has 0 spiro atoms. The summed E-state index contributed by atoms with van der Waals surface area (Å²) in [6.07, 6.45) is 2.38. The molecule has 1 aliphatic heterocycles. The summed E-state index contributed by atoms with van der Waals surface area (Å²) in [6, 6.07) is 3.88. The van der Waals surface area contributed by atoms with Gasteiger partial charge < -0.3 is 25.0 Å². The van der Waals surface area contributed by atoms with Gasteiger partial charge in [-0.15, -0.1) is 24.0 Å². The highest BCUT2D eigenvalue weighted by Crippen LogP contribution is 2.15. The number of benzene rings is 1. The minimum atomic E-state index is -0.912. The van der Waals surface area contributed by atoms with Crippen molar-refractivity contribution in [1.29, 1.82) is 0 Å². The number of halogens is 3. The molecule has 0 atom stereocenters. The molecule has 0 amide bonds. The van der Waals surface area contributed by atoms with E-state index in [1.807, 2.05) is 0 Å². The molecule has 2 rings (SSSR count). The van der Waals surface area contributed by atoms with E-state index in [4.69, 9.17) is 9.47 Å². The predicted octanol–water partition coefficient (Wildman–Crippen LogP) is 3.02. The van der Waals surface area contributed by atoms with Crippen LogP contribution in [0.4, 0.5) is 8.78 Å². The lowest BCUT2D eigenvalue weighted by Crippen LogP contribution is -2.49. The molecule has 9 heteroatoms. The topological polar surface area (TPSA) is 58.1 Å². The van der Waals surface area contributed by atoms with Crippen molar-refractivity contribution < 1.29 is 18.3 Å². The molecule has 1 fully saturated rings. The smallest absolute Gasteiger partial charge is 0.191 e. The Bertz CT molecular complexity index is 626. The molecule has 6 nitrogen and oxygen atoms in total. The van der Waals surface area contributed by atoms with Gasteiger partial charge in [0.1, 0.15) is 12.4 Å². The van der Waals surface area contributed by atoms with Crippen LogP contribution in [0.25, 0.3) is 0 Å². The number of likely N-dealkylation sites (tertiary alicyclic amines) is 1. The zero-order valence-electron chi connectivity index (χ0n) is 17.4. The maximum Gasteiger partial charge on any atom is 0.191 e. The number of piperidine rings is 1. The van der Waals surface area contributed by atoms with Gasteiger partial charge in [-0.1, -0.05) is 0 Å². The summed E-state index contributed by atoms with van der Waals surface area (Å²) in [7, 11) is 1.73. The van der Waals surface area contributed by atoms with Gasteiger partial charge in [-0.2, -0.15) is 0 Å². The van der Waals surface area contributed by atoms with E-state index in [1.165, 1.54) is 6.07 Å². The van der Waals surface area contributed by atoms with Crippen LogP contribution in [0.1, 0.15) is 26.7 Å². The van der Waals surface area contributed by atoms with Crippen molar-refractivity contribution in [1.82, 2.24) is 15.5 Å². The van der Waals surface area contributed by atoms with Crippen LogP contribution in [0.15, 0.2) is 23.2 Å². The summed E-state index contributed by atoms with van der Waals surface area (Å²) in [5.74, 6) is -0.772. The van der Waals surface area contributed by atoms with E-state index < -0.39 is 11.6 Å². The summed E-state index contributed by atoms with van der Waals surface area (Å²) in [6.45, 7) is 8.75. The highest BCUT2D eigenvalue weighted by molar-refractivity contribution is 14.0. The second kappa shape index (κ2) is 13.9. The first kappa shape index (κ1) is 25.8. The Labute approximate surface area is 189 Å². The predicted molar refractivity (Wildman–Crippen MR) is 122 cm³/mol. The molecule has 1 aromatic rings. The van der Waals surface area contributed by atoms with Gasteiger partial charge in [0.2, 0.25) is 0 Å². The molecule has 2 N–H and O–H groups in total. The Balaban J connectivity index is 0.00000420. The summed E-state index contributed by atoms with van der Waals surface area (Å²) >= 11 is 0. The molecular weight excluding hydrogens is 493 g/mol. The minimum Gasteiger partial charge on any atom is -0.492 e. The zero-order chi connectivity index (χ0) is 20.4. The van der Waals surface area contributed by atoms with E-state index >= 15 is 0 Å². The Kier molecular flexibility index (Phi) is 12.4. The third-order valence-corrected chi connectivity index (χ3v) is 4.57. The first-order valence-electron chi connectivity index (χ1n) is 9.87. The second-order valence-corrected chi connectivity index (χ2v) is 7.10. The maximum atomic E-state index is 13.2. The summed E-state index contributed by atoms with van der Waals surface area (Å²) in [4.78, 5) is 6.66. The van der Waals surface area contributed by atoms with Crippen molar-refractivity contribution in [2.75, 3.05) is 46.4 Å². The van der Waals surface area contributed by atoms with Crippen LogP contribution < -0.4 is 15.4 Å². The van der Waals surface area contributed by atoms with Crippen molar-refractivity contribution in [3.05, 3.63) is 29.8 Å². The molecule has 29 heavy (non-hydrogen) atoms. The van der Waals surface area contributed by atoms with Gasteiger partial charge in [0, 0.05) is 38.8 Å². The largest absolute Gasteiger partial charge is 0.492 e. The van der Waals surface area contributed by atoms with Crippen molar-refractivity contribution in [2.24, 2.45) is 4.99 Å². The molecule has 1 heterocycles. The number of aliphatic imine (C=N–C) groups is 1. The fourth-order valence-corrected chi connectivity index (χ4v) is 3.01. The lowest BCUT2D eigenvalue weighted by atomic mass is 10.1. The molecule has 0 aromatic heterocycles. The lowest BCUT2D eigenvalue weighted by Gasteiger charge is -2.33. The molecule has 0 radical (unpaired) electrons. The third kappa shape index (κ3) is 9.90. The normalized spacial score (nSPS) is 15.9. The Morgan fingerprint density at radius 3 is 2.55 bits per heavy atom. The van der Waals surface area contributed by atoms with Gasteiger partial charge >= 0.3 is 0 Å². The molecule has 0 unspecified atom stereocenters. The fraction of sp³-hybridized carbons (Fsp3) is 0.650. The highest BCUT2D eigenvalue weighted by atomic mass is 127. The average Bonchev–Trinajstić information content (AvgIpc) is 2.68. The number of guanidine groups is 1. The van der Waals surface area contributed by atoms with Crippen molar-refractivity contribution in [2.45, 2.75) is 38.8 Å². The van der Waals surface area contributed by atoms with Crippen molar-refractivity contribution in [3.8, 4) is 5.75 Å². The zero-order valence-corrected chi connectivity index (χ0v) is 19.7. The van der Waals surface area contributed by atoms with Crippen LogP contribution >= 0.6 is 24.0 Å². The number of hydrogen-bond acceptors (Lipinski definition) is 4. The van der Waals surface area contributed by atoms with Crippen LogP contribution in [0.3, 0.4) is 0 Å². The minimum absolute atomic E-state index is 0. The molecule has 166 valence electrons. The molecular formula is C20H33F2IN4O2. The second-order valence-electron chi connectivity index (χ2n) is 7.10. The third-order valence-electron chi connectivity index (χ3n) is 4.57. The van der Waals surface area contributed by atoms with Gasteiger partial charge in [-0.05, 0) is 38.8 Å². The molecule has 0 saturated carbocycles. The number of nitrogens with zero attached hydrogens (tertiary/aromatic N) is 2. The van der Waals surface area contributed by atoms with Gasteiger partial charge in [-0.3, -0.25) is 4.99 Å². The van der Waals surface area contributed by atoms with Crippen molar-refractivity contribution >= 4 is 29.9 Å². The summed E-state index contributed by atoms with van der Waals surface area (Å²) < 4.78 is 37.1. The average molecular weight is 526 g/mol. The van der Waals surface area contributed by atoms with Gasteiger partial charge in [-0.25, -0.2) is 8.78 Å². The number of hydrogen-bond donors (Lipinski definition) is 2. The monoisotopic (exact) mass is 526 g/mol. The van der Waals surface area contributed by atoms with Crippen LogP contribution in [0, 0.1) is 11.6 Å². The first-order chi connectivity index (χ1) is 13.5. The number of ether oxygens (including phenoxy) is 2. The molecule has 1 aromatic carbocycles. The Morgan fingerprint density at radius 1 is 1.21 bits per heavy atom. The maximum absolute atomic E-state index is 13.2. The van der Waals surface area contributed by atoms with E-state index in [0.717, 1.165) is 57.2 Å². The van der Waals surface area contributed by atoms with E-state index in [-0.39, 0.29) is 30.1 Å². The highest BCUT2D eigenvalue weighted by Gasteiger charge is 2.19. The van der Waals surface area contributed by atoms with Gasteiger partial charge in [0.25, 0.3) is 0 Å². The van der Waals surface area contributed by atoms with E-state index in [1.54, 1.807) is 7.05 Å². The molecule has 0 aliphatic carbocycles. The number of nitrogens with one attached hydrogen (secondary N) is 2. The molecule has 1 aliphatic rings. The summed E-state index contributed by atoms with van der Waals surface area (Å²) in [5, 5.41) is 6.61.